The Morgan fingerprint density at radius 2 is 2.11 bits per heavy atom. The maximum Gasteiger partial charge on any atom is -0.0383 e. The number of hydrogen-bond acceptors (Lipinski definition) is 0. The lowest BCUT2D eigenvalue weighted by atomic mass is 9.87. The van der Waals surface area contributed by atoms with Crippen LogP contribution >= 0.6 is 0 Å². The van der Waals surface area contributed by atoms with Gasteiger partial charge in [-0.15, -0.1) is 0 Å². The van der Waals surface area contributed by atoms with Gasteiger partial charge in [-0.25, -0.2) is 0 Å². The minimum Gasteiger partial charge on any atom is -0.0651 e. The van der Waals surface area contributed by atoms with Crippen molar-refractivity contribution >= 4 is 0 Å². The van der Waals surface area contributed by atoms with Crippen molar-refractivity contribution in [1.29, 1.82) is 0 Å². The lowest BCUT2D eigenvalue weighted by molar-refractivity contribution is 0.324. The van der Waals surface area contributed by atoms with Crippen molar-refractivity contribution in [2.24, 2.45) is 17.8 Å². The van der Waals surface area contributed by atoms with Gasteiger partial charge in [0, 0.05) is 0 Å². The highest BCUT2D eigenvalue weighted by Crippen LogP contribution is 2.49. The molecule has 2 bridgehead atoms. The van der Waals surface area contributed by atoms with Gasteiger partial charge in [0.1, 0.15) is 0 Å². The minimum absolute atomic E-state index is 1.13. The molecule has 0 saturated heterocycles. The summed E-state index contributed by atoms with van der Waals surface area (Å²) in [6.07, 6.45) is 7.71. The van der Waals surface area contributed by atoms with Gasteiger partial charge in [-0.3, -0.25) is 0 Å². The fourth-order valence-corrected chi connectivity index (χ4v) is 2.88. The standard InChI is InChI=1S/C9H16/c1-2-8-5-7-3-4-9(8)6-7/h7-9H,2-6H2,1H3/t7-,8-,9-/m0/s1. The van der Waals surface area contributed by atoms with Crippen LogP contribution in [0, 0.1) is 17.8 Å². The van der Waals surface area contributed by atoms with E-state index in [1.807, 2.05) is 0 Å². The summed E-state index contributed by atoms with van der Waals surface area (Å²) in [5, 5.41) is 0. The monoisotopic (exact) mass is 124 g/mol. The Morgan fingerprint density at radius 1 is 1.22 bits per heavy atom. The summed E-state index contributed by atoms with van der Waals surface area (Å²) in [6, 6.07) is 0. The van der Waals surface area contributed by atoms with Crippen molar-refractivity contribution in [3.8, 4) is 0 Å². The summed E-state index contributed by atoms with van der Waals surface area (Å²) < 4.78 is 0. The first-order valence-corrected chi connectivity index (χ1v) is 4.40. The molecule has 0 aromatic rings. The highest BCUT2D eigenvalue weighted by atomic mass is 14.4. The summed E-state index contributed by atoms with van der Waals surface area (Å²) in [7, 11) is 0. The van der Waals surface area contributed by atoms with Gasteiger partial charge in [-0.1, -0.05) is 19.8 Å². The van der Waals surface area contributed by atoms with E-state index in [0.29, 0.717) is 0 Å². The lowest BCUT2D eigenvalue weighted by Gasteiger charge is -2.18. The fraction of sp³-hybridized carbons (Fsp3) is 1.00. The van der Waals surface area contributed by atoms with Gasteiger partial charge < -0.3 is 0 Å². The van der Waals surface area contributed by atoms with Crippen LogP contribution < -0.4 is 0 Å². The van der Waals surface area contributed by atoms with Gasteiger partial charge in [-0.2, -0.15) is 0 Å². The third kappa shape index (κ3) is 0.798. The quantitative estimate of drug-likeness (QED) is 0.504. The van der Waals surface area contributed by atoms with E-state index < -0.39 is 0 Å². The maximum absolute atomic E-state index is 2.35. The Hall–Kier alpha value is 0. The molecular formula is C9H16. The topological polar surface area (TPSA) is 0 Å². The van der Waals surface area contributed by atoms with Crippen LogP contribution in [0.4, 0.5) is 0 Å². The summed E-state index contributed by atoms with van der Waals surface area (Å²) in [6.45, 7) is 2.35. The molecule has 2 saturated carbocycles. The van der Waals surface area contributed by atoms with Crippen molar-refractivity contribution in [1.82, 2.24) is 0 Å². The molecule has 0 aromatic heterocycles. The van der Waals surface area contributed by atoms with E-state index in [1.165, 1.54) is 6.42 Å². The number of fused-ring (bicyclic) bond motifs is 2. The first-order chi connectivity index (χ1) is 4.40. The first kappa shape index (κ1) is 5.76. The summed E-state index contributed by atoms with van der Waals surface area (Å²) in [5.74, 6) is 3.43. The summed E-state index contributed by atoms with van der Waals surface area (Å²) in [4.78, 5) is 0. The van der Waals surface area contributed by atoms with E-state index in [1.54, 1.807) is 25.7 Å². The van der Waals surface area contributed by atoms with Gasteiger partial charge in [0.2, 0.25) is 0 Å². The summed E-state index contributed by atoms with van der Waals surface area (Å²) in [5.41, 5.74) is 0. The van der Waals surface area contributed by atoms with E-state index in [9.17, 15) is 0 Å². The van der Waals surface area contributed by atoms with Crippen LogP contribution in [0.2, 0.25) is 0 Å². The molecule has 0 heteroatoms. The minimum atomic E-state index is 1.13. The largest absolute Gasteiger partial charge is 0.0651 e. The molecule has 0 heterocycles. The molecule has 0 amide bonds. The molecule has 0 spiro atoms. The molecule has 52 valence electrons. The van der Waals surface area contributed by atoms with Crippen LogP contribution in [0.5, 0.6) is 0 Å². The predicted molar refractivity (Wildman–Crippen MR) is 39.2 cm³/mol. The molecule has 3 atom stereocenters. The summed E-state index contributed by atoms with van der Waals surface area (Å²) >= 11 is 0. The second-order valence-corrected chi connectivity index (χ2v) is 3.84. The zero-order valence-corrected chi connectivity index (χ0v) is 6.27. The van der Waals surface area contributed by atoms with Gasteiger partial charge in [0.15, 0.2) is 0 Å². The zero-order chi connectivity index (χ0) is 6.27. The van der Waals surface area contributed by atoms with Crippen LogP contribution in [0.25, 0.3) is 0 Å². The van der Waals surface area contributed by atoms with Crippen LogP contribution in [0.3, 0.4) is 0 Å². The predicted octanol–water partition coefficient (Wildman–Crippen LogP) is 2.83. The normalized spacial score (nSPS) is 48.3. The molecule has 2 rings (SSSR count). The molecule has 2 aliphatic carbocycles. The van der Waals surface area contributed by atoms with Crippen LogP contribution in [-0.2, 0) is 0 Å². The van der Waals surface area contributed by atoms with Gasteiger partial charge in [0.05, 0.1) is 0 Å². The highest BCUT2D eigenvalue weighted by Gasteiger charge is 2.37. The SMILES string of the molecule is CC[C@H]1C[C@@H]2CC[C@H]1C2. The lowest BCUT2D eigenvalue weighted by Crippen LogP contribution is -2.08. The van der Waals surface area contributed by atoms with Gasteiger partial charge in [-0.05, 0) is 37.0 Å². The van der Waals surface area contributed by atoms with Crippen molar-refractivity contribution in [3.63, 3.8) is 0 Å². The van der Waals surface area contributed by atoms with Crippen molar-refractivity contribution < 1.29 is 0 Å². The first-order valence-electron chi connectivity index (χ1n) is 4.40. The molecule has 2 aliphatic rings. The molecular weight excluding hydrogens is 108 g/mol. The molecule has 0 aliphatic heterocycles. The van der Waals surface area contributed by atoms with Crippen molar-refractivity contribution in [3.05, 3.63) is 0 Å². The van der Waals surface area contributed by atoms with E-state index in [-0.39, 0.29) is 0 Å². The zero-order valence-electron chi connectivity index (χ0n) is 6.27. The average molecular weight is 124 g/mol. The van der Waals surface area contributed by atoms with Gasteiger partial charge in [0.25, 0.3) is 0 Å². The van der Waals surface area contributed by atoms with E-state index in [4.69, 9.17) is 0 Å². The third-order valence-corrected chi connectivity index (χ3v) is 3.41. The second kappa shape index (κ2) is 2.00. The second-order valence-electron chi connectivity index (χ2n) is 3.84. The Bertz CT molecular complexity index is 107. The van der Waals surface area contributed by atoms with E-state index >= 15 is 0 Å². The number of hydrogen-bond donors (Lipinski definition) is 0. The molecule has 0 radical (unpaired) electrons. The Labute approximate surface area is 57.6 Å². The van der Waals surface area contributed by atoms with Crippen LogP contribution in [-0.4, -0.2) is 0 Å². The number of rotatable bonds is 1. The van der Waals surface area contributed by atoms with Crippen molar-refractivity contribution in [2.75, 3.05) is 0 Å². The van der Waals surface area contributed by atoms with Crippen LogP contribution in [0.15, 0.2) is 0 Å². The molecule has 0 aromatic carbocycles. The molecule has 0 nitrogen and oxygen atoms in total. The van der Waals surface area contributed by atoms with Crippen molar-refractivity contribution in [2.45, 2.75) is 39.0 Å². The Kier molecular flexibility index (Phi) is 1.28. The highest BCUT2D eigenvalue weighted by molar-refractivity contribution is 4.88. The third-order valence-electron chi connectivity index (χ3n) is 3.41. The maximum atomic E-state index is 2.35. The smallest absolute Gasteiger partial charge is 0.0383 e. The van der Waals surface area contributed by atoms with Crippen LogP contribution in [0.1, 0.15) is 39.0 Å². The Morgan fingerprint density at radius 3 is 2.44 bits per heavy atom. The molecule has 2 fully saturated rings. The molecule has 9 heavy (non-hydrogen) atoms. The van der Waals surface area contributed by atoms with Gasteiger partial charge >= 0.3 is 0 Å². The molecule has 0 N–H and O–H groups in total. The Balaban J connectivity index is 2.01. The van der Waals surface area contributed by atoms with E-state index in [0.717, 1.165) is 17.8 Å². The van der Waals surface area contributed by atoms with E-state index in [2.05, 4.69) is 6.92 Å². The molecule has 0 unspecified atom stereocenters. The fourth-order valence-electron chi connectivity index (χ4n) is 2.88. The average Bonchev–Trinajstić information content (AvgIpc) is 2.45.